The standard InChI is InChI=1S/C15H13ClO4/c1-19-11-6-7-14(17)12(8-11)15(18)20-9-10-4-2-3-5-13(10)16/h2-8,17H,9H2,1H3. The zero-order valence-corrected chi connectivity index (χ0v) is 11.6. The first-order chi connectivity index (χ1) is 9.61. The Balaban J connectivity index is 2.11. The lowest BCUT2D eigenvalue weighted by Gasteiger charge is -2.09. The minimum Gasteiger partial charge on any atom is -0.507 e. The summed E-state index contributed by atoms with van der Waals surface area (Å²) >= 11 is 5.97. The molecule has 0 saturated heterocycles. The maximum absolute atomic E-state index is 11.9. The molecule has 2 aromatic carbocycles. The predicted octanol–water partition coefficient (Wildman–Crippen LogP) is 3.41. The van der Waals surface area contributed by atoms with Crippen molar-refractivity contribution in [2.45, 2.75) is 6.61 Å². The van der Waals surface area contributed by atoms with Crippen molar-refractivity contribution in [3.63, 3.8) is 0 Å². The molecule has 104 valence electrons. The zero-order chi connectivity index (χ0) is 14.5. The van der Waals surface area contributed by atoms with Crippen LogP contribution >= 0.6 is 11.6 Å². The molecule has 0 bridgehead atoms. The van der Waals surface area contributed by atoms with E-state index >= 15 is 0 Å². The summed E-state index contributed by atoms with van der Waals surface area (Å²) < 4.78 is 10.1. The smallest absolute Gasteiger partial charge is 0.342 e. The third-order valence-electron chi connectivity index (χ3n) is 2.74. The first-order valence-electron chi connectivity index (χ1n) is 5.89. The van der Waals surface area contributed by atoms with Gasteiger partial charge in [-0.3, -0.25) is 0 Å². The Morgan fingerprint density at radius 3 is 2.70 bits per heavy atom. The number of halogens is 1. The van der Waals surface area contributed by atoms with Gasteiger partial charge in [-0.05, 0) is 24.3 Å². The summed E-state index contributed by atoms with van der Waals surface area (Å²) in [7, 11) is 1.48. The molecule has 0 radical (unpaired) electrons. The molecular formula is C15H13ClO4. The predicted molar refractivity (Wildman–Crippen MR) is 75.2 cm³/mol. The van der Waals surface area contributed by atoms with Crippen LogP contribution in [-0.4, -0.2) is 18.2 Å². The van der Waals surface area contributed by atoms with Gasteiger partial charge >= 0.3 is 5.97 Å². The number of aromatic hydroxyl groups is 1. The van der Waals surface area contributed by atoms with Crippen molar-refractivity contribution in [2.24, 2.45) is 0 Å². The molecule has 0 heterocycles. The number of carbonyl (C=O) groups is 1. The van der Waals surface area contributed by atoms with Crippen molar-refractivity contribution in [3.05, 3.63) is 58.6 Å². The number of rotatable bonds is 4. The Kier molecular flexibility index (Phi) is 4.48. The Labute approximate surface area is 121 Å². The molecular weight excluding hydrogens is 280 g/mol. The lowest BCUT2D eigenvalue weighted by Crippen LogP contribution is -2.06. The van der Waals surface area contributed by atoms with Gasteiger partial charge in [0.1, 0.15) is 23.7 Å². The SMILES string of the molecule is COc1ccc(O)c(C(=O)OCc2ccccc2Cl)c1. The van der Waals surface area contributed by atoms with Crippen LogP contribution in [0.1, 0.15) is 15.9 Å². The number of ether oxygens (including phenoxy) is 2. The van der Waals surface area contributed by atoms with Gasteiger partial charge in [-0.1, -0.05) is 29.8 Å². The molecule has 5 heteroatoms. The summed E-state index contributed by atoms with van der Waals surface area (Å²) in [4.78, 5) is 11.9. The maximum Gasteiger partial charge on any atom is 0.342 e. The van der Waals surface area contributed by atoms with E-state index < -0.39 is 5.97 Å². The van der Waals surface area contributed by atoms with Gasteiger partial charge in [0.15, 0.2) is 0 Å². The minimum atomic E-state index is -0.638. The third-order valence-corrected chi connectivity index (χ3v) is 3.11. The molecule has 0 fully saturated rings. The quantitative estimate of drug-likeness (QED) is 0.877. The summed E-state index contributed by atoms with van der Waals surface area (Å²) in [5, 5.41) is 10.2. The molecule has 0 aromatic heterocycles. The second-order valence-corrected chi connectivity index (χ2v) is 4.46. The van der Waals surface area contributed by atoms with E-state index in [4.69, 9.17) is 21.1 Å². The lowest BCUT2D eigenvalue weighted by molar-refractivity contribution is 0.0469. The Morgan fingerprint density at radius 2 is 2.00 bits per heavy atom. The summed E-state index contributed by atoms with van der Waals surface area (Å²) in [6.07, 6.45) is 0. The van der Waals surface area contributed by atoms with Gasteiger partial charge < -0.3 is 14.6 Å². The highest BCUT2D eigenvalue weighted by molar-refractivity contribution is 6.31. The van der Waals surface area contributed by atoms with Crippen LogP contribution < -0.4 is 4.74 Å². The van der Waals surface area contributed by atoms with Crippen molar-refractivity contribution in [3.8, 4) is 11.5 Å². The van der Waals surface area contributed by atoms with Crippen LogP contribution in [0.15, 0.2) is 42.5 Å². The van der Waals surface area contributed by atoms with Crippen molar-refractivity contribution < 1.29 is 19.4 Å². The lowest BCUT2D eigenvalue weighted by atomic mass is 10.2. The fraction of sp³-hybridized carbons (Fsp3) is 0.133. The van der Waals surface area contributed by atoms with Crippen molar-refractivity contribution >= 4 is 17.6 Å². The van der Waals surface area contributed by atoms with Gasteiger partial charge in [0.25, 0.3) is 0 Å². The molecule has 1 N–H and O–H groups in total. The van der Waals surface area contributed by atoms with Crippen LogP contribution in [-0.2, 0) is 11.3 Å². The van der Waals surface area contributed by atoms with E-state index in [1.807, 2.05) is 0 Å². The zero-order valence-electron chi connectivity index (χ0n) is 10.8. The first kappa shape index (κ1) is 14.2. The summed E-state index contributed by atoms with van der Waals surface area (Å²) in [5.41, 5.74) is 0.751. The number of phenols is 1. The molecule has 4 nitrogen and oxygen atoms in total. The fourth-order valence-electron chi connectivity index (χ4n) is 1.64. The highest BCUT2D eigenvalue weighted by Crippen LogP contribution is 2.24. The number of methoxy groups -OCH3 is 1. The number of hydrogen-bond acceptors (Lipinski definition) is 4. The molecule has 0 spiro atoms. The fourth-order valence-corrected chi connectivity index (χ4v) is 1.83. The van der Waals surface area contributed by atoms with E-state index in [2.05, 4.69) is 0 Å². The second kappa shape index (κ2) is 6.30. The summed E-state index contributed by atoms with van der Waals surface area (Å²) in [6.45, 7) is 0.0369. The largest absolute Gasteiger partial charge is 0.507 e. The van der Waals surface area contributed by atoms with Crippen molar-refractivity contribution in [2.75, 3.05) is 7.11 Å². The average Bonchev–Trinajstić information content (AvgIpc) is 2.46. The van der Waals surface area contributed by atoms with Gasteiger partial charge in [0.2, 0.25) is 0 Å². The molecule has 20 heavy (non-hydrogen) atoms. The topological polar surface area (TPSA) is 55.8 Å². The van der Waals surface area contributed by atoms with E-state index in [9.17, 15) is 9.90 Å². The van der Waals surface area contributed by atoms with Crippen LogP contribution in [0.2, 0.25) is 5.02 Å². The van der Waals surface area contributed by atoms with E-state index in [0.717, 1.165) is 0 Å². The van der Waals surface area contributed by atoms with Gasteiger partial charge in [-0.15, -0.1) is 0 Å². The number of esters is 1. The van der Waals surface area contributed by atoms with Gasteiger partial charge in [-0.2, -0.15) is 0 Å². The van der Waals surface area contributed by atoms with Gasteiger partial charge in [0.05, 0.1) is 7.11 Å². The highest BCUT2D eigenvalue weighted by atomic mass is 35.5. The van der Waals surface area contributed by atoms with Crippen LogP contribution in [0.25, 0.3) is 0 Å². The maximum atomic E-state index is 11.9. The molecule has 0 aliphatic heterocycles. The summed E-state index contributed by atoms with van der Waals surface area (Å²) in [5.74, 6) is -0.330. The average molecular weight is 293 g/mol. The summed E-state index contributed by atoms with van der Waals surface area (Å²) in [6, 6.07) is 11.4. The monoisotopic (exact) mass is 292 g/mol. The Morgan fingerprint density at radius 1 is 1.25 bits per heavy atom. The third kappa shape index (κ3) is 3.22. The van der Waals surface area contributed by atoms with E-state index in [1.54, 1.807) is 30.3 Å². The Hall–Kier alpha value is -2.20. The van der Waals surface area contributed by atoms with E-state index in [1.165, 1.54) is 19.2 Å². The van der Waals surface area contributed by atoms with Crippen LogP contribution in [0.5, 0.6) is 11.5 Å². The molecule has 0 amide bonds. The molecule has 0 saturated carbocycles. The van der Waals surface area contributed by atoms with E-state index in [0.29, 0.717) is 16.3 Å². The van der Waals surface area contributed by atoms with Crippen LogP contribution in [0, 0.1) is 0 Å². The van der Waals surface area contributed by atoms with Gasteiger partial charge in [-0.25, -0.2) is 4.79 Å². The van der Waals surface area contributed by atoms with Gasteiger partial charge in [0, 0.05) is 10.6 Å². The highest BCUT2D eigenvalue weighted by Gasteiger charge is 2.14. The molecule has 0 aliphatic carbocycles. The molecule has 2 aromatic rings. The van der Waals surface area contributed by atoms with Crippen molar-refractivity contribution in [1.29, 1.82) is 0 Å². The van der Waals surface area contributed by atoms with Crippen LogP contribution in [0.3, 0.4) is 0 Å². The number of benzene rings is 2. The number of carbonyl (C=O) groups excluding carboxylic acids is 1. The molecule has 0 aliphatic rings. The van der Waals surface area contributed by atoms with Crippen LogP contribution in [0.4, 0.5) is 0 Å². The first-order valence-corrected chi connectivity index (χ1v) is 6.27. The second-order valence-electron chi connectivity index (χ2n) is 4.05. The molecule has 0 atom stereocenters. The Bertz CT molecular complexity index is 625. The molecule has 0 unspecified atom stereocenters. The normalized spacial score (nSPS) is 10.1. The van der Waals surface area contributed by atoms with E-state index in [-0.39, 0.29) is 17.9 Å². The molecule has 2 rings (SSSR count). The minimum absolute atomic E-state index is 0.0369. The number of hydrogen-bond donors (Lipinski definition) is 1. The van der Waals surface area contributed by atoms with Crippen molar-refractivity contribution in [1.82, 2.24) is 0 Å². The number of phenolic OH excluding ortho intramolecular Hbond substituents is 1.